The molecule has 6 nitrogen and oxygen atoms in total. The van der Waals surface area contributed by atoms with Gasteiger partial charge in [0.15, 0.2) is 0 Å². The number of nitrogens with zero attached hydrogens (tertiary/aromatic N) is 1. The van der Waals surface area contributed by atoms with E-state index in [4.69, 9.17) is 13.9 Å². The Hall–Kier alpha value is -1.89. The molecule has 0 saturated carbocycles. The van der Waals surface area contributed by atoms with Gasteiger partial charge in [0.1, 0.15) is 11.3 Å². The molecular formula is C24H32N2O4. The number of ether oxygens (including phenoxy) is 2. The van der Waals surface area contributed by atoms with Crippen LogP contribution < -0.4 is 5.32 Å². The highest BCUT2D eigenvalue weighted by Gasteiger charge is 2.42. The number of hydrogen-bond acceptors (Lipinski definition) is 5. The highest BCUT2D eigenvalue weighted by Crippen LogP contribution is 2.39. The van der Waals surface area contributed by atoms with Gasteiger partial charge in [0.2, 0.25) is 5.91 Å². The zero-order valence-corrected chi connectivity index (χ0v) is 17.6. The molecule has 2 aromatic rings. The van der Waals surface area contributed by atoms with Crippen LogP contribution in [0.4, 0.5) is 0 Å². The first-order valence-corrected chi connectivity index (χ1v) is 11.4. The third kappa shape index (κ3) is 4.41. The molecule has 3 fully saturated rings. The molecule has 0 aliphatic carbocycles. The van der Waals surface area contributed by atoms with Crippen LogP contribution in [0.2, 0.25) is 0 Å². The van der Waals surface area contributed by atoms with Gasteiger partial charge in [0, 0.05) is 44.2 Å². The summed E-state index contributed by atoms with van der Waals surface area (Å²) in [6.45, 7) is 4.95. The lowest BCUT2D eigenvalue weighted by Gasteiger charge is -2.39. The van der Waals surface area contributed by atoms with Gasteiger partial charge in [-0.1, -0.05) is 18.2 Å². The van der Waals surface area contributed by atoms with Crippen molar-refractivity contribution in [3.63, 3.8) is 0 Å². The van der Waals surface area contributed by atoms with Crippen molar-refractivity contribution in [2.24, 2.45) is 5.92 Å². The standard InChI is InChI=1S/C24H32N2O4/c27-23(18-6-13-28-14-7-18)25-16-20-5-8-24(30-20)9-11-26(12-10-24)17-21-15-19-3-1-2-4-22(19)29-21/h1-4,15,18,20H,5-14,16-17H2,(H,25,27)/t20-/m1/s1. The Balaban J connectivity index is 1.08. The number of likely N-dealkylation sites (tertiary alicyclic amines) is 1. The zero-order valence-electron chi connectivity index (χ0n) is 17.6. The Morgan fingerprint density at radius 1 is 1.10 bits per heavy atom. The normalized spacial score (nSPS) is 25.1. The van der Waals surface area contributed by atoms with E-state index in [1.54, 1.807) is 0 Å². The Kier molecular flexibility index (Phi) is 5.81. The van der Waals surface area contributed by atoms with Crippen LogP contribution in [0.25, 0.3) is 11.0 Å². The molecule has 1 aromatic carbocycles. The van der Waals surface area contributed by atoms with Gasteiger partial charge in [0.05, 0.1) is 18.2 Å². The fourth-order valence-corrected chi connectivity index (χ4v) is 5.18. The average Bonchev–Trinajstić information content (AvgIpc) is 3.38. The van der Waals surface area contributed by atoms with Crippen molar-refractivity contribution in [2.45, 2.75) is 56.8 Å². The monoisotopic (exact) mass is 412 g/mol. The molecule has 1 amide bonds. The first-order valence-electron chi connectivity index (χ1n) is 11.4. The molecule has 3 aliphatic heterocycles. The van der Waals surface area contributed by atoms with Crippen LogP contribution in [-0.4, -0.2) is 55.4 Å². The van der Waals surface area contributed by atoms with Crippen molar-refractivity contribution in [1.82, 2.24) is 10.2 Å². The summed E-state index contributed by atoms with van der Waals surface area (Å²) in [5, 5.41) is 4.30. The second-order valence-corrected chi connectivity index (χ2v) is 9.12. The van der Waals surface area contributed by atoms with Gasteiger partial charge in [-0.05, 0) is 50.7 Å². The van der Waals surface area contributed by atoms with Crippen molar-refractivity contribution in [3.05, 3.63) is 36.1 Å². The average molecular weight is 413 g/mol. The van der Waals surface area contributed by atoms with Gasteiger partial charge in [-0.25, -0.2) is 0 Å². The molecule has 1 spiro atoms. The van der Waals surface area contributed by atoms with Gasteiger partial charge < -0.3 is 19.2 Å². The number of nitrogens with one attached hydrogen (secondary N) is 1. The van der Waals surface area contributed by atoms with Crippen LogP contribution >= 0.6 is 0 Å². The van der Waals surface area contributed by atoms with Crippen molar-refractivity contribution >= 4 is 16.9 Å². The fraction of sp³-hybridized carbons (Fsp3) is 0.625. The molecule has 1 N–H and O–H groups in total. The third-order valence-electron chi connectivity index (χ3n) is 7.06. The largest absolute Gasteiger partial charge is 0.460 e. The van der Waals surface area contributed by atoms with E-state index in [0.717, 1.165) is 69.5 Å². The number of hydrogen-bond donors (Lipinski definition) is 1. The highest BCUT2D eigenvalue weighted by atomic mass is 16.5. The van der Waals surface area contributed by atoms with Crippen molar-refractivity contribution in [1.29, 1.82) is 0 Å². The minimum atomic E-state index is -0.00154. The Morgan fingerprint density at radius 3 is 2.70 bits per heavy atom. The maximum Gasteiger partial charge on any atom is 0.223 e. The predicted octanol–water partition coefficient (Wildman–Crippen LogP) is 3.49. The molecular weight excluding hydrogens is 380 g/mol. The van der Waals surface area contributed by atoms with E-state index in [1.807, 2.05) is 18.2 Å². The van der Waals surface area contributed by atoms with Crippen LogP contribution in [0.3, 0.4) is 0 Å². The lowest BCUT2D eigenvalue weighted by atomic mass is 9.88. The minimum Gasteiger partial charge on any atom is -0.460 e. The number of fused-ring (bicyclic) bond motifs is 1. The number of para-hydroxylation sites is 1. The van der Waals surface area contributed by atoms with Crippen molar-refractivity contribution < 1.29 is 18.7 Å². The van der Waals surface area contributed by atoms with Crippen LogP contribution in [0.1, 0.15) is 44.3 Å². The minimum absolute atomic E-state index is 0.00154. The molecule has 30 heavy (non-hydrogen) atoms. The molecule has 1 atom stereocenters. The Labute approximate surface area is 177 Å². The van der Waals surface area contributed by atoms with E-state index in [9.17, 15) is 4.79 Å². The summed E-state index contributed by atoms with van der Waals surface area (Å²) in [5.74, 6) is 1.31. The molecule has 0 unspecified atom stereocenters. The number of carbonyl (C=O) groups is 1. The van der Waals surface area contributed by atoms with E-state index in [1.165, 1.54) is 5.39 Å². The van der Waals surface area contributed by atoms with Gasteiger partial charge in [-0.3, -0.25) is 9.69 Å². The van der Waals surface area contributed by atoms with E-state index in [0.29, 0.717) is 19.8 Å². The molecule has 3 aliphatic rings. The Morgan fingerprint density at radius 2 is 1.90 bits per heavy atom. The van der Waals surface area contributed by atoms with Crippen LogP contribution in [0.5, 0.6) is 0 Å². The maximum atomic E-state index is 12.4. The van der Waals surface area contributed by atoms with E-state index in [-0.39, 0.29) is 23.5 Å². The van der Waals surface area contributed by atoms with Crippen LogP contribution in [0, 0.1) is 5.92 Å². The smallest absolute Gasteiger partial charge is 0.223 e. The van der Waals surface area contributed by atoms with Gasteiger partial charge in [0.25, 0.3) is 0 Å². The van der Waals surface area contributed by atoms with Crippen LogP contribution in [-0.2, 0) is 20.8 Å². The second kappa shape index (κ2) is 8.69. The quantitative estimate of drug-likeness (QED) is 0.815. The predicted molar refractivity (Wildman–Crippen MR) is 114 cm³/mol. The van der Waals surface area contributed by atoms with Crippen molar-refractivity contribution in [3.8, 4) is 0 Å². The molecule has 4 heterocycles. The Bertz CT molecular complexity index is 832. The first-order chi connectivity index (χ1) is 14.7. The number of furan rings is 1. The van der Waals surface area contributed by atoms with Crippen LogP contribution in [0.15, 0.2) is 34.7 Å². The summed E-state index contributed by atoms with van der Waals surface area (Å²) in [5.41, 5.74) is 0.962. The number of piperidine rings is 1. The number of benzene rings is 1. The molecule has 0 radical (unpaired) electrons. The number of carbonyl (C=O) groups excluding carboxylic acids is 1. The number of rotatable bonds is 5. The van der Waals surface area contributed by atoms with Gasteiger partial charge in [-0.15, -0.1) is 0 Å². The summed E-state index contributed by atoms with van der Waals surface area (Å²) in [6.07, 6.45) is 6.07. The number of amides is 1. The molecule has 0 bridgehead atoms. The van der Waals surface area contributed by atoms with E-state index >= 15 is 0 Å². The summed E-state index contributed by atoms with van der Waals surface area (Å²) in [6, 6.07) is 10.3. The molecule has 5 rings (SSSR count). The summed E-state index contributed by atoms with van der Waals surface area (Å²) < 4.78 is 17.8. The molecule has 162 valence electrons. The van der Waals surface area contributed by atoms with Gasteiger partial charge in [-0.2, -0.15) is 0 Å². The van der Waals surface area contributed by atoms with Gasteiger partial charge >= 0.3 is 0 Å². The highest BCUT2D eigenvalue weighted by molar-refractivity contribution is 5.78. The summed E-state index contributed by atoms with van der Waals surface area (Å²) in [7, 11) is 0. The van der Waals surface area contributed by atoms with Crippen molar-refractivity contribution in [2.75, 3.05) is 32.8 Å². The van der Waals surface area contributed by atoms with E-state index in [2.05, 4.69) is 22.3 Å². The zero-order chi connectivity index (χ0) is 20.4. The van der Waals surface area contributed by atoms with E-state index < -0.39 is 0 Å². The molecule has 6 heteroatoms. The first kappa shape index (κ1) is 20.0. The molecule has 3 saturated heterocycles. The maximum absolute atomic E-state index is 12.4. The molecule has 1 aromatic heterocycles. The second-order valence-electron chi connectivity index (χ2n) is 9.12. The summed E-state index contributed by atoms with van der Waals surface area (Å²) >= 11 is 0. The summed E-state index contributed by atoms with van der Waals surface area (Å²) in [4.78, 5) is 14.8. The lowest BCUT2D eigenvalue weighted by Crippen LogP contribution is -2.45. The third-order valence-corrected chi connectivity index (χ3v) is 7.06. The SMILES string of the molecule is O=C(NC[C@H]1CCC2(CCN(Cc3cc4ccccc4o3)CC2)O1)C1CCOCC1. The topological polar surface area (TPSA) is 63.9 Å². The lowest BCUT2D eigenvalue weighted by molar-refractivity contribution is -0.129. The fourth-order valence-electron chi connectivity index (χ4n) is 5.18.